The van der Waals surface area contributed by atoms with Gasteiger partial charge in [-0.25, -0.2) is 4.57 Å². The monoisotopic (exact) mass is 302 g/mol. The second-order valence-corrected chi connectivity index (χ2v) is 5.38. The standard InChI is InChI=1S/C13H19O6P/c1-4-17-20(15,18-5-2)19-10-13(14)11-6-8-12(16-3)9-7-11/h6-9H,4-5,10H2,1-3H3. The molecule has 0 radical (unpaired) electrons. The molecule has 0 saturated carbocycles. The molecule has 0 N–H and O–H groups in total. The Hall–Kier alpha value is -1.20. The summed E-state index contributed by atoms with van der Waals surface area (Å²) in [6.45, 7) is 3.31. The first kappa shape index (κ1) is 16.9. The Morgan fingerprint density at radius 2 is 1.60 bits per heavy atom. The lowest BCUT2D eigenvalue weighted by Crippen LogP contribution is -2.10. The number of rotatable bonds is 9. The van der Waals surface area contributed by atoms with Crippen molar-refractivity contribution in [1.82, 2.24) is 0 Å². The van der Waals surface area contributed by atoms with Gasteiger partial charge in [-0.2, -0.15) is 0 Å². The van der Waals surface area contributed by atoms with E-state index in [2.05, 4.69) is 0 Å². The molecule has 0 amide bonds. The Morgan fingerprint density at radius 1 is 1.05 bits per heavy atom. The molecular formula is C13H19O6P. The second-order valence-electron chi connectivity index (χ2n) is 3.71. The fraction of sp³-hybridized carbons (Fsp3) is 0.462. The van der Waals surface area contributed by atoms with E-state index in [1.165, 1.54) is 0 Å². The van der Waals surface area contributed by atoms with Crippen LogP contribution < -0.4 is 4.74 Å². The molecule has 112 valence electrons. The molecule has 0 saturated heterocycles. The summed E-state index contributed by atoms with van der Waals surface area (Å²) in [6, 6.07) is 6.55. The number of hydrogen-bond donors (Lipinski definition) is 0. The number of ether oxygens (including phenoxy) is 1. The first-order valence-electron chi connectivity index (χ1n) is 6.25. The van der Waals surface area contributed by atoms with Crippen LogP contribution >= 0.6 is 7.82 Å². The van der Waals surface area contributed by atoms with Crippen LogP contribution in [0.3, 0.4) is 0 Å². The summed E-state index contributed by atoms with van der Waals surface area (Å²) < 4.78 is 31.9. The minimum atomic E-state index is -3.65. The fourth-order valence-electron chi connectivity index (χ4n) is 1.43. The Labute approximate surface area is 118 Å². The summed E-state index contributed by atoms with van der Waals surface area (Å²) in [7, 11) is -2.11. The van der Waals surface area contributed by atoms with E-state index in [0.717, 1.165) is 0 Å². The molecule has 0 aliphatic carbocycles. The van der Waals surface area contributed by atoms with Crippen molar-refractivity contribution in [2.24, 2.45) is 0 Å². The average Bonchev–Trinajstić information content (AvgIpc) is 2.45. The van der Waals surface area contributed by atoms with Crippen molar-refractivity contribution < 1.29 is 27.7 Å². The number of phosphoric ester groups is 1. The smallest absolute Gasteiger partial charge is 0.475 e. The summed E-state index contributed by atoms with van der Waals surface area (Å²) in [5.41, 5.74) is 0.436. The van der Waals surface area contributed by atoms with Crippen molar-refractivity contribution in [2.75, 3.05) is 26.9 Å². The molecule has 0 aliphatic heterocycles. The maximum Gasteiger partial charge on any atom is 0.475 e. The molecule has 0 atom stereocenters. The third-order valence-electron chi connectivity index (χ3n) is 2.34. The summed E-state index contributed by atoms with van der Waals surface area (Å²) in [5, 5.41) is 0. The summed E-state index contributed by atoms with van der Waals surface area (Å²) in [4.78, 5) is 11.9. The van der Waals surface area contributed by atoms with Gasteiger partial charge in [0, 0.05) is 5.56 Å². The van der Waals surface area contributed by atoms with Crippen LogP contribution in [0.4, 0.5) is 0 Å². The molecule has 6 nitrogen and oxygen atoms in total. The normalized spacial score (nSPS) is 11.3. The van der Waals surface area contributed by atoms with Gasteiger partial charge in [-0.15, -0.1) is 0 Å². The number of methoxy groups -OCH3 is 1. The van der Waals surface area contributed by atoms with Crippen molar-refractivity contribution >= 4 is 13.6 Å². The maximum atomic E-state index is 12.0. The van der Waals surface area contributed by atoms with Gasteiger partial charge in [-0.05, 0) is 38.1 Å². The third-order valence-corrected chi connectivity index (χ3v) is 3.93. The van der Waals surface area contributed by atoms with E-state index in [0.29, 0.717) is 11.3 Å². The van der Waals surface area contributed by atoms with Crippen molar-refractivity contribution in [3.05, 3.63) is 29.8 Å². The first-order chi connectivity index (χ1) is 9.54. The number of Topliss-reactive ketones (excluding diaryl/α,β-unsaturated/α-hetero) is 1. The van der Waals surface area contributed by atoms with Gasteiger partial charge < -0.3 is 4.74 Å². The number of benzene rings is 1. The van der Waals surface area contributed by atoms with Crippen LogP contribution in [0, 0.1) is 0 Å². The Morgan fingerprint density at radius 3 is 2.05 bits per heavy atom. The van der Waals surface area contributed by atoms with Gasteiger partial charge in [0.2, 0.25) is 0 Å². The van der Waals surface area contributed by atoms with Crippen LogP contribution in [-0.2, 0) is 18.1 Å². The molecule has 0 fully saturated rings. The van der Waals surface area contributed by atoms with Crippen LogP contribution in [-0.4, -0.2) is 32.7 Å². The molecule has 1 aromatic carbocycles. The second kappa shape index (κ2) is 8.17. The molecule has 0 aliphatic rings. The lowest BCUT2D eigenvalue weighted by atomic mass is 10.1. The molecular weight excluding hydrogens is 283 g/mol. The van der Waals surface area contributed by atoms with Crippen molar-refractivity contribution in [1.29, 1.82) is 0 Å². The largest absolute Gasteiger partial charge is 0.497 e. The van der Waals surface area contributed by atoms with E-state index in [1.54, 1.807) is 45.2 Å². The number of phosphoric acid groups is 1. The van der Waals surface area contributed by atoms with Crippen LogP contribution in [0.5, 0.6) is 5.75 Å². The number of hydrogen-bond acceptors (Lipinski definition) is 6. The molecule has 1 rings (SSSR count). The minimum Gasteiger partial charge on any atom is -0.497 e. The average molecular weight is 302 g/mol. The van der Waals surface area contributed by atoms with Crippen molar-refractivity contribution in [3.63, 3.8) is 0 Å². The van der Waals surface area contributed by atoms with Gasteiger partial charge in [-0.1, -0.05) is 0 Å². The van der Waals surface area contributed by atoms with Crippen LogP contribution in [0.25, 0.3) is 0 Å². The Bertz CT molecular complexity index is 460. The van der Waals surface area contributed by atoms with E-state index >= 15 is 0 Å². The SMILES string of the molecule is CCOP(=O)(OCC)OCC(=O)c1ccc(OC)cc1. The molecule has 7 heteroatoms. The quantitative estimate of drug-likeness (QED) is 0.515. The number of carbonyl (C=O) groups is 1. The van der Waals surface area contributed by atoms with Crippen LogP contribution in [0.2, 0.25) is 0 Å². The Kier molecular flexibility index (Phi) is 6.88. The van der Waals surface area contributed by atoms with Crippen LogP contribution in [0.1, 0.15) is 24.2 Å². The fourth-order valence-corrected chi connectivity index (χ4v) is 2.56. The highest BCUT2D eigenvalue weighted by molar-refractivity contribution is 7.48. The lowest BCUT2D eigenvalue weighted by Gasteiger charge is -2.15. The zero-order valence-electron chi connectivity index (χ0n) is 11.8. The minimum absolute atomic E-state index is 0.175. The highest BCUT2D eigenvalue weighted by Gasteiger charge is 2.26. The zero-order valence-corrected chi connectivity index (χ0v) is 12.7. The molecule has 1 aromatic rings. The lowest BCUT2D eigenvalue weighted by molar-refractivity contribution is 0.0816. The molecule has 20 heavy (non-hydrogen) atoms. The van der Waals surface area contributed by atoms with E-state index < -0.39 is 7.82 Å². The first-order valence-corrected chi connectivity index (χ1v) is 7.71. The van der Waals surface area contributed by atoms with Crippen molar-refractivity contribution in [3.8, 4) is 5.75 Å². The summed E-state index contributed by atoms with van der Waals surface area (Å²) in [6.07, 6.45) is 0. The molecule has 0 unspecified atom stereocenters. The maximum absolute atomic E-state index is 12.0. The third kappa shape index (κ3) is 5.06. The summed E-state index contributed by atoms with van der Waals surface area (Å²) in [5.74, 6) is 0.337. The highest BCUT2D eigenvalue weighted by Crippen LogP contribution is 2.49. The Balaban J connectivity index is 2.62. The van der Waals surface area contributed by atoms with Gasteiger partial charge in [-0.3, -0.25) is 18.4 Å². The van der Waals surface area contributed by atoms with Gasteiger partial charge in [0.1, 0.15) is 12.4 Å². The zero-order chi connectivity index (χ0) is 15.0. The molecule has 0 aromatic heterocycles. The van der Waals surface area contributed by atoms with E-state index in [1.807, 2.05) is 0 Å². The topological polar surface area (TPSA) is 71.1 Å². The van der Waals surface area contributed by atoms with Gasteiger partial charge >= 0.3 is 7.82 Å². The number of ketones is 1. The van der Waals surface area contributed by atoms with Gasteiger partial charge in [0.15, 0.2) is 5.78 Å². The molecule has 0 spiro atoms. The number of carbonyl (C=O) groups excluding carboxylic acids is 1. The predicted molar refractivity (Wildman–Crippen MR) is 74.1 cm³/mol. The summed E-state index contributed by atoms with van der Waals surface area (Å²) >= 11 is 0. The van der Waals surface area contributed by atoms with Gasteiger partial charge in [0.05, 0.1) is 20.3 Å². The molecule has 0 heterocycles. The molecule has 0 bridgehead atoms. The van der Waals surface area contributed by atoms with Crippen molar-refractivity contribution in [2.45, 2.75) is 13.8 Å². The highest BCUT2D eigenvalue weighted by atomic mass is 31.2. The van der Waals surface area contributed by atoms with E-state index in [9.17, 15) is 9.36 Å². The van der Waals surface area contributed by atoms with Gasteiger partial charge in [0.25, 0.3) is 0 Å². The predicted octanol–water partition coefficient (Wildman–Crippen LogP) is 3.08. The van der Waals surface area contributed by atoms with Crippen LogP contribution in [0.15, 0.2) is 24.3 Å². The van der Waals surface area contributed by atoms with E-state index in [4.69, 9.17) is 18.3 Å². The van der Waals surface area contributed by atoms with E-state index in [-0.39, 0.29) is 25.6 Å².